The number of aryl methyl sites for hydroxylation is 1. The highest BCUT2D eigenvalue weighted by Crippen LogP contribution is 2.17. The number of carbonyl (C=O) groups is 1. The summed E-state index contributed by atoms with van der Waals surface area (Å²) in [6.45, 7) is 1.54. The molecule has 0 aliphatic carbocycles. The van der Waals surface area contributed by atoms with Gasteiger partial charge < -0.3 is 10.1 Å². The lowest BCUT2D eigenvalue weighted by molar-refractivity contribution is -0.385. The van der Waals surface area contributed by atoms with Crippen molar-refractivity contribution < 1.29 is 14.5 Å². The molecule has 1 rings (SSSR count). The molecule has 0 bridgehead atoms. The molecule has 0 atom stereocenters. The summed E-state index contributed by atoms with van der Waals surface area (Å²) in [4.78, 5) is 24.9. The minimum Gasteiger partial charge on any atom is -0.375 e. The third-order valence-electron chi connectivity index (χ3n) is 1.81. The number of carbonyl (C=O) groups excluding carboxylic acids is 1. The fourth-order valence-corrected chi connectivity index (χ4v) is 1.09. The third kappa shape index (κ3) is 2.99. The number of nitrogens with zero attached hydrogens (tertiary/aromatic N) is 2. The molecule has 7 nitrogen and oxygen atoms in total. The van der Waals surface area contributed by atoms with Gasteiger partial charge in [0.2, 0.25) is 0 Å². The molecule has 1 heterocycles. The quantitative estimate of drug-likeness (QED) is 0.606. The Hall–Kier alpha value is -2.02. The number of amides is 1. The van der Waals surface area contributed by atoms with Crippen LogP contribution in [-0.2, 0) is 9.53 Å². The predicted octanol–water partition coefficient (Wildman–Crippen LogP) is 0.883. The number of methoxy groups -OCH3 is 1. The molecule has 1 N–H and O–H groups in total. The summed E-state index contributed by atoms with van der Waals surface area (Å²) in [5.41, 5.74) is 0.417. The van der Waals surface area contributed by atoms with Crippen molar-refractivity contribution >= 4 is 17.4 Å². The molecule has 0 saturated heterocycles. The fraction of sp³-hybridized carbons (Fsp3) is 0.333. The molecule has 0 aliphatic heterocycles. The first-order valence-corrected chi connectivity index (χ1v) is 4.44. The molecule has 1 aromatic heterocycles. The normalized spacial score (nSPS) is 9.88. The molecule has 0 fully saturated rings. The Kier molecular flexibility index (Phi) is 3.90. The first-order chi connectivity index (χ1) is 7.54. The van der Waals surface area contributed by atoms with Crippen LogP contribution in [0.4, 0.5) is 11.5 Å². The average molecular weight is 225 g/mol. The van der Waals surface area contributed by atoms with Gasteiger partial charge in [-0.1, -0.05) is 0 Å². The van der Waals surface area contributed by atoms with Crippen molar-refractivity contribution in [2.45, 2.75) is 6.92 Å². The fourth-order valence-electron chi connectivity index (χ4n) is 1.09. The summed E-state index contributed by atoms with van der Waals surface area (Å²) < 4.78 is 4.63. The van der Waals surface area contributed by atoms with Gasteiger partial charge >= 0.3 is 0 Å². The van der Waals surface area contributed by atoms with Crippen LogP contribution in [0.15, 0.2) is 12.3 Å². The van der Waals surface area contributed by atoms with E-state index in [0.717, 1.165) is 6.20 Å². The zero-order valence-corrected chi connectivity index (χ0v) is 8.89. The molecule has 0 unspecified atom stereocenters. The Balaban J connectivity index is 2.83. The van der Waals surface area contributed by atoms with Crippen molar-refractivity contribution in [1.29, 1.82) is 0 Å². The zero-order valence-electron chi connectivity index (χ0n) is 8.89. The molecule has 0 radical (unpaired) electrons. The summed E-state index contributed by atoms with van der Waals surface area (Å²) in [5.74, 6) is -0.0559. The van der Waals surface area contributed by atoms with Gasteiger partial charge in [-0.05, 0) is 12.5 Å². The molecule has 1 aromatic rings. The average Bonchev–Trinajstić information content (AvgIpc) is 2.21. The topological polar surface area (TPSA) is 94.4 Å². The van der Waals surface area contributed by atoms with Crippen LogP contribution in [-0.4, -0.2) is 29.5 Å². The van der Waals surface area contributed by atoms with Crippen LogP contribution in [0.25, 0.3) is 0 Å². The summed E-state index contributed by atoms with van der Waals surface area (Å²) in [7, 11) is 1.40. The molecule has 0 spiro atoms. The Morgan fingerprint density at radius 3 is 2.88 bits per heavy atom. The molecular weight excluding hydrogens is 214 g/mol. The maximum Gasteiger partial charge on any atom is 0.287 e. The zero-order chi connectivity index (χ0) is 12.1. The Morgan fingerprint density at radius 1 is 1.69 bits per heavy atom. The minimum atomic E-state index is -0.541. The highest BCUT2D eigenvalue weighted by atomic mass is 16.6. The van der Waals surface area contributed by atoms with Crippen molar-refractivity contribution in [1.82, 2.24) is 4.98 Å². The van der Waals surface area contributed by atoms with Gasteiger partial charge in [-0.15, -0.1) is 0 Å². The molecule has 1 amide bonds. The standard InChI is InChI=1S/C9H11N3O4/c1-6-3-7(12(14)15)4-10-9(6)11-8(13)5-16-2/h3-4H,5H2,1-2H3,(H,10,11,13). The van der Waals surface area contributed by atoms with E-state index in [-0.39, 0.29) is 18.2 Å². The van der Waals surface area contributed by atoms with Crippen LogP contribution in [0.3, 0.4) is 0 Å². The number of aromatic nitrogens is 1. The van der Waals surface area contributed by atoms with Crippen molar-refractivity contribution in [3.63, 3.8) is 0 Å². The molecule has 0 aromatic carbocycles. The molecule has 0 aliphatic rings. The van der Waals surface area contributed by atoms with Crippen molar-refractivity contribution in [2.24, 2.45) is 0 Å². The van der Waals surface area contributed by atoms with E-state index < -0.39 is 4.92 Å². The van der Waals surface area contributed by atoms with E-state index in [1.165, 1.54) is 13.2 Å². The largest absolute Gasteiger partial charge is 0.375 e. The smallest absolute Gasteiger partial charge is 0.287 e. The Labute approximate surface area is 91.6 Å². The van der Waals surface area contributed by atoms with Gasteiger partial charge in [0.05, 0.1) is 4.92 Å². The van der Waals surface area contributed by atoms with Gasteiger partial charge in [0, 0.05) is 13.2 Å². The van der Waals surface area contributed by atoms with Crippen molar-refractivity contribution in [3.05, 3.63) is 27.9 Å². The second kappa shape index (κ2) is 5.17. The minimum absolute atomic E-state index is 0.0852. The first-order valence-electron chi connectivity index (χ1n) is 4.44. The number of anilines is 1. The van der Waals surface area contributed by atoms with Gasteiger partial charge in [-0.3, -0.25) is 14.9 Å². The summed E-state index contributed by atoms with van der Waals surface area (Å²) in [6.07, 6.45) is 1.09. The van der Waals surface area contributed by atoms with Gasteiger partial charge in [0.25, 0.3) is 11.6 Å². The van der Waals surface area contributed by atoms with E-state index in [0.29, 0.717) is 11.4 Å². The van der Waals surface area contributed by atoms with E-state index in [1.54, 1.807) is 6.92 Å². The van der Waals surface area contributed by atoms with Gasteiger partial charge in [-0.25, -0.2) is 4.98 Å². The highest BCUT2D eigenvalue weighted by Gasteiger charge is 2.11. The van der Waals surface area contributed by atoms with Gasteiger partial charge in [0.15, 0.2) is 0 Å². The van der Waals surface area contributed by atoms with Crippen LogP contribution in [0.1, 0.15) is 5.56 Å². The molecule has 0 saturated carbocycles. The lowest BCUT2D eigenvalue weighted by Crippen LogP contribution is -2.18. The molecule has 7 heteroatoms. The van der Waals surface area contributed by atoms with Crippen LogP contribution >= 0.6 is 0 Å². The summed E-state index contributed by atoms with van der Waals surface area (Å²) in [5, 5.41) is 12.9. The Bertz CT molecular complexity index is 419. The third-order valence-corrected chi connectivity index (χ3v) is 1.81. The van der Waals surface area contributed by atoms with E-state index in [2.05, 4.69) is 15.0 Å². The number of nitrogens with one attached hydrogen (secondary N) is 1. The maximum atomic E-state index is 11.2. The lowest BCUT2D eigenvalue weighted by Gasteiger charge is -2.05. The number of ether oxygens (including phenoxy) is 1. The number of hydrogen-bond acceptors (Lipinski definition) is 5. The van der Waals surface area contributed by atoms with Gasteiger partial charge in [0.1, 0.15) is 18.6 Å². The van der Waals surface area contributed by atoms with E-state index in [4.69, 9.17) is 0 Å². The summed E-state index contributed by atoms with van der Waals surface area (Å²) >= 11 is 0. The highest BCUT2D eigenvalue weighted by molar-refractivity contribution is 5.91. The number of pyridine rings is 1. The predicted molar refractivity (Wildman–Crippen MR) is 56.1 cm³/mol. The van der Waals surface area contributed by atoms with Gasteiger partial charge in [-0.2, -0.15) is 0 Å². The lowest BCUT2D eigenvalue weighted by atomic mass is 10.2. The number of nitro groups is 1. The van der Waals surface area contributed by atoms with E-state index in [9.17, 15) is 14.9 Å². The molecular formula is C9H11N3O4. The van der Waals surface area contributed by atoms with Crippen LogP contribution < -0.4 is 5.32 Å². The van der Waals surface area contributed by atoms with Crippen LogP contribution in [0, 0.1) is 17.0 Å². The first kappa shape index (κ1) is 12.1. The van der Waals surface area contributed by atoms with Crippen LogP contribution in [0.2, 0.25) is 0 Å². The number of hydrogen-bond donors (Lipinski definition) is 1. The molecule has 16 heavy (non-hydrogen) atoms. The van der Waals surface area contributed by atoms with Crippen molar-refractivity contribution in [2.75, 3.05) is 19.0 Å². The maximum absolute atomic E-state index is 11.2. The van der Waals surface area contributed by atoms with Crippen molar-refractivity contribution in [3.8, 4) is 0 Å². The monoisotopic (exact) mass is 225 g/mol. The van der Waals surface area contributed by atoms with E-state index >= 15 is 0 Å². The summed E-state index contributed by atoms with van der Waals surface area (Å²) in [6, 6.07) is 1.34. The Morgan fingerprint density at radius 2 is 2.38 bits per heavy atom. The van der Waals surface area contributed by atoms with Crippen LogP contribution in [0.5, 0.6) is 0 Å². The second-order valence-electron chi connectivity index (χ2n) is 3.10. The molecule has 86 valence electrons. The van der Waals surface area contributed by atoms with E-state index in [1.807, 2.05) is 0 Å². The second-order valence-corrected chi connectivity index (χ2v) is 3.10. The SMILES string of the molecule is COCC(=O)Nc1ncc([N+](=O)[O-])cc1C. The number of rotatable bonds is 4.